The fourth-order valence-corrected chi connectivity index (χ4v) is 1.17. The molecule has 1 N–H and O–H groups in total. The summed E-state index contributed by atoms with van der Waals surface area (Å²) >= 11 is 0. The molecule has 0 aromatic heterocycles. The highest BCUT2D eigenvalue weighted by Crippen LogP contribution is 2.03. The van der Waals surface area contributed by atoms with Crippen LogP contribution in [0, 0.1) is 5.92 Å². The van der Waals surface area contributed by atoms with Gasteiger partial charge in [-0.15, -0.1) is 0 Å². The van der Waals surface area contributed by atoms with Gasteiger partial charge in [0.05, 0.1) is 6.61 Å². The number of hydrogen-bond donors (Lipinski definition) is 1. The summed E-state index contributed by atoms with van der Waals surface area (Å²) in [6.07, 6.45) is 3.69. The van der Waals surface area contributed by atoms with Crippen LogP contribution in [0.25, 0.3) is 0 Å². The largest absolute Gasteiger partial charge is 0.459 e. The van der Waals surface area contributed by atoms with E-state index < -0.39 is 11.9 Å². The Morgan fingerprint density at radius 3 is 2.50 bits per heavy atom. The molecule has 0 saturated heterocycles. The summed E-state index contributed by atoms with van der Waals surface area (Å²) < 4.78 is 4.83. The van der Waals surface area contributed by atoms with E-state index in [0.29, 0.717) is 19.1 Å². The van der Waals surface area contributed by atoms with Crippen molar-refractivity contribution in [1.29, 1.82) is 0 Å². The second kappa shape index (κ2) is 9.19. The predicted molar refractivity (Wildman–Crippen MR) is 62.9 cm³/mol. The number of hydrogen-bond acceptors (Lipinski definition) is 3. The van der Waals surface area contributed by atoms with Gasteiger partial charge in [-0.25, -0.2) is 4.79 Å². The molecule has 0 radical (unpaired) electrons. The minimum atomic E-state index is -0.764. The maximum absolute atomic E-state index is 11.2. The van der Waals surface area contributed by atoms with Crippen LogP contribution in [0.1, 0.15) is 46.5 Å². The van der Waals surface area contributed by atoms with E-state index in [1.165, 1.54) is 0 Å². The molecule has 0 aromatic carbocycles. The van der Waals surface area contributed by atoms with Gasteiger partial charge in [-0.1, -0.05) is 27.2 Å². The molecule has 0 unspecified atom stereocenters. The summed E-state index contributed by atoms with van der Waals surface area (Å²) in [4.78, 5) is 22.3. The molecule has 4 heteroatoms. The van der Waals surface area contributed by atoms with Gasteiger partial charge in [-0.2, -0.15) is 0 Å². The minimum absolute atomic E-state index is 0.332. The van der Waals surface area contributed by atoms with E-state index in [9.17, 15) is 9.59 Å². The van der Waals surface area contributed by atoms with E-state index in [1.807, 2.05) is 6.92 Å². The van der Waals surface area contributed by atoms with E-state index in [-0.39, 0.29) is 0 Å². The first-order chi connectivity index (χ1) is 7.57. The van der Waals surface area contributed by atoms with Crippen molar-refractivity contribution in [2.45, 2.75) is 46.5 Å². The Kier molecular flexibility index (Phi) is 8.58. The summed E-state index contributed by atoms with van der Waals surface area (Å²) in [5, 5.41) is 2.52. The summed E-state index contributed by atoms with van der Waals surface area (Å²) in [5.74, 6) is -0.796. The standard InChI is InChI=1S/C12H23NO3/c1-4-5-8-13-11(14)12(15)16-9-6-7-10(2)3/h10H,4-9H2,1-3H3,(H,13,14). The van der Waals surface area contributed by atoms with Gasteiger partial charge < -0.3 is 10.1 Å². The molecule has 16 heavy (non-hydrogen) atoms. The van der Waals surface area contributed by atoms with Crippen LogP contribution in [0.4, 0.5) is 0 Å². The van der Waals surface area contributed by atoms with Gasteiger partial charge in [0.1, 0.15) is 0 Å². The van der Waals surface area contributed by atoms with Crippen molar-refractivity contribution in [1.82, 2.24) is 5.32 Å². The summed E-state index contributed by atoms with van der Waals surface area (Å²) in [6, 6.07) is 0. The number of nitrogens with one attached hydrogen (secondary N) is 1. The van der Waals surface area contributed by atoms with Crippen molar-refractivity contribution in [2.75, 3.05) is 13.2 Å². The number of carbonyl (C=O) groups is 2. The molecule has 4 nitrogen and oxygen atoms in total. The highest BCUT2D eigenvalue weighted by molar-refractivity contribution is 6.32. The van der Waals surface area contributed by atoms with Gasteiger partial charge in [-0.3, -0.25) is 4.79 Å². The van der Waals surface area contributed by atoms with Gasteiger partial charge in [-0.05, 0) is 25.2 Å². The van der Waals surface area contributed by atoms with Crippen LogP contribution < -0.4 is 5.32 Å². The SMILES string of the molecule is CCCCNC(=O)C(=O)OCCCC(C)C. The zero-order chi connectivity index (χ0) is 12.4. The fraction of sp³-hybridized carbons (Fsp3) is 0.833. The van der Waals surface area contributed by atoms with E-state index >= 15 is 0 Å². The number of esters is 1. The van der Waals surface area contributed by atoms with E-state index in [0.717, 1.165) is 25.7 Å². The average molecular weight is 229 g/mol. The topological polar surface area (TPSA) is 55.4 Å². The lowest BCUT2D eigenvalue weighted by atomic mass is 10.1. The van der Waals surface area contributed by atoms with Crippen LogP contribution in [0.2, 0.25) is 0 Å². The quantitative estimate of drug-likeness (QED) is 0.412. The molecule has 0 atom stereocenters. The first kappa shape index (κ1) is 14.9. The molecule has 0 fully saturated rings. The van der Waals surface area contributed by atoms with E-state index in [1.54, 1.807) is 0 Å². The second-order valence-electron chi connectivity index (χ2n) is 4.28. The lowest BCUT2D eigenvalue weighted by Gasteiger charge is -2.06. The van der Waals surface area contributed by atoms with Gasteiger partial charge in [0, 0.05) is 6.54 Å². The van der Waals surface area contributed by atoms with Crippen LogP contribution in [0.5, 0.6) is 0 Å². The zero-order valence-electron chi connectivity index (χ0n) is 10.5. The van der Waals surface area contributed by atoms with Crippen LogP contribution in [0.15, 0.2) is 0 Å². The molecule has 0 heterocycles. The third-order valence-corrected chi connectivity index (χ3v) is 2.16. The summed E-state index contributed by atoms with van der Waals surface area (Å²) in [7, 11) is 0. The Morgan fingerprint density at radius 2 is 1.94 bits per heavy atom. The molecule has 1 amide bonds. The Balaban J connectivity index is 3.52. The Bertz CT molecular complexity index is 214. The number of unbranched alkanes of at least 4 members (excludes halogenated alkanes) is 1. The number of ether oxygens (including phenoxy) is 1. The first-order valence-corrected chi connectivity index (χ1v) is 6.02. The summed E-state index contributed by atoms with van der Waals surface area (Å²) in [5.41, 5.74) is 0. The van der Waals surface area contributed by atoms with Gasteiger partial charge >= 0.3 is 11.9 Å². The molecule has 0 rings (SSSR count). The van der Waals surface area contributed by atoms with Crippen molar-refractivity contribution in [3.63, 3.8) is 0 Å². The molecule has 0 aliphatic heterocycles. The Morgan fingerprint density at radius 1 is 1.25 bits per heavy atom. The first-order valence-electron chi connectivity index (χ1n) is 6.02. The molecular weight excluding hydrogens is 206 g/mol. The zero-order valence-corrected chi connectivity index (χ0v) is 10.5. The van der Waals surface area contributed by atoms with Crippen LogP contribution >= 0.6 is 0 Å². The smallest absolute Gasteiger partial charge is 0.396 e. The maximum atomic E-state index is 11.2. The third kappa shape index (κ3) is 8.26. The third-order valence-electron chi connectivity index (χ3n) is 2.16. The normalized spacial score (nSPS) is 10.2. The lowest BCUT2D eigenvalue weighted by molar-refractivity contribution is -0.155. The lowest BCUT2D eigenvalue weighted by Crippen LogP contribution is -2.33. The summed E-state index contributed by atoms with van der Waals surface area (Å²) in [6.45, 7) is 7.11. The number of amides is 1. The van der Waals surface area contributed by atoms with Crippen molar-refractivity contribution < 1.29 is 14.3 Å². The van der Waals surface area contributed by atoms with Gasteiger partial charge in [0.2, 0.25) is 0 Å². The fourth-order valence-electron chi connectivity index (χ4n) is 1.17. The molecule has 0 aliphatic rings. The van der Waals surface area contributed by atoms with Crippen LogP contribution in [0.3, 0.4) is 0 Å². The molecule has 94 valence electrons. The number of rotatable bonds is 7. The van der Waals surface area contributed by atoms with Crippen molar-refractivity contribution in [3.8, 4) is 0 Å². The maximum Gasteiger partial charge on any atom is 0.396 e. The van der Waals surface area contributed by atoms with Crippen molar-refractivity contribution in [2.24, 2.45) is 5.92 Å². The van der Waals surface area contributed by atoms with Crippen molar-refractivity contribution in [3.05, 3.63) is 0 Å². The molecule has 0 saturated carbocycles. The Labute approximate surface area is 97.7 Å². The average Bonchev–Trinajstić information content (AvgIpc) is 2.24. The molecular formula is C12H23NO3. The highest BCUT2D eigenvalue weighted by Gasteiger charge is 2.13. The molecule has 0 aromatic rings. The molecule has 0 spiro atoms. The van der Waals surface area contributed by atoms with Crippen molar-refractivity contribution >= 4 is 11.9 Å². The van der Waals surface area contributed by atoms with Crippen LogP contribution in [-0.2, 0) is 14.3 Å². The van der Waals surface area contributed by atoms with E-state index in [2.05, 4.69) is 19.2 Å². The Hall–Kier alpha value is -1.06. The van der Waals surface area contributed by atoms with Gasteiger partial charge in [0.15, 0.2) is 0 Å². The highest BCUT2D eigenvalue weighted by atomic mass is 16.5. The van der Waals surface area contributed by atoms with Gasteiger partial charge in [0.25, 0.3) is 0 Å². The van der Waals surface area contributed by atoms with Crippen LogP contribution in [-0.4, -0.2) is 25.0 Å². The molecule has 0 bridgehead atoms. The predicted octanol–water partition coefficient (Wildman–Crippen LogP) is 1.88. The number of carbonyl (C=O) groups excluding carboxylic acids is 2. The minimum Gasteiger partial charge on any atom is -0.459 e. The molecule has 0 aliphatic carbocycles. The monoisotopic (exact) mass is 229 g/mol. The van der Waals surface area contributed by atoms with E-state index in [4.69, 9.17) is 4.74 Å². The second-order valence-corrected chi connectivity index (χ2v) is 4.28.